The van der Waals surface area contributed by atoms with Gasteiger partial charge in [0, 0.05) is 32.1 Å². The van der Waals surface area contributed by atoms with Crippen LogP contribution in [0.3, 0.4) is 0 Å². The van der Waals surface area contributed by atoms with Crippen molar-refractivity contribution < 1.29 is 0 Å². The van der Waals surface area contributed by atoms with Crippen LogP contribution in [0.15, 0.2) is 6.33 Å². The lowest BCUT2D eigenvalue weighted by Gasteiger charge is -2.33. The molecule has 0 aliphatic carbocycles. The van der Waals surface area contributed by atoms with Crippen LogP contribution >= 0.6 is 0 Å². The lowest BCUT2D eigenvalue weighted by atomic mass is 10.0. The summed E-state index contributed by atoms with van der Waals surface area (Å²) in [6.07, 6.45) is 3.58. The number of aryl methyl sites for hydroxylation is 1. The quantitative estimate of drug-likeness (QED) is 0.529. The number of aromatic nitrogens is 3. The summed E-state index contributed by atoms with van der Waals surface area (Å²) in [4.78, 5) is 9.05. The Balaban J connectivity index is 2.08. The van der Waals surface area contributed by atoms with E-state index >= 15 is 0 Å². The first kappa shape index (κ1) is 14.4. The monoisotopic (exact) mass is 267 g/mol. The van der Waals surface area contributed by atoms with Gasteiger partial charge in [0.15, 0.2) is 0 Å². The summed E-state index contributed by atoms with van der Waals surface area (Å²) in [5.74, 6) is 6.74. The average Bonchev–Trinajstić information content (AvgIpc) is 2.70. The van der Waals surface area contributed by atoms with E-state index in [9.17, 15) is 0 Å². The lowest BCUT2D eigenvalue weighted by Crippen LogP contribution is -2.55. The molecule has 0 aromatic carbocycles. The highest BCUT2D eigenvalue weighted by Crippen LogP contribution is 2.13. The number of nitrogens with two attached hydrogens (primary N) is 1. The number of hydrogen-bond donors (Lipinski definition) is 2. The van der Waals surface area contributed by atoms with Gasteiger partial charge in [-0.05, 0) is 33.6 Å². The second-order valence-electron chi connectivity index (χ2n) is 5.44. The van der Waals surface area contributed by atoms with Gasteiger partial charge < -0.3 is 9.80 Å². The molecule has 1 aromatic rings. The zero-order chi connectivity index (χ0) is 13.8. The van der Waals surface area contributed by atoms with E-state index in [1.807, 2.05) is 11.7 Å². The molecule has 1 aliphatic rings. The summed E-state index contributed by atoms with van der Waals surface area (Å²) in [5, 5.41) is 4.11. The van der Waals surface area contributed by atoms with Gasteiger partial charge in [0.05, 0.1) is 0 Å². The fourth-order valence-corrected chi connectivity index (χ4v) is 2.75. The van der Waals surface area contributed by atoms with Crippen LogP contribution in [0, 0.1) is 0 Å². The summed E-state index contributed by atoms with van der Waals surface area (Å²) in [7, 11) is 6.26. The Labute approximate surface area is 114 Å². The van der Waals surface area contributed by atoms with Crippen molar-refractivity contribution in [2.45, 2.75) is 24.9 Å². The molecule has 1 aromatic heterocycles. The minimum atomic E-state index is 0.174. The van der Waals surface area contributed by atoms with Crippen molar-refractivity contribution >= 4 is 0 Å². The minimum absolute atomic E-state index is 0.174. The molecule has 2 unspecified atom stereocenters. The number of rotatable bonds is 4. The molecular weight excluding hydrogens is 242 g/mol. The van der Waals surface area contributed by atoms with E-state index in [4.69, 9.17) is 5.84 Å². The molecule has 7 heteroatoms. The molecule has 19 heavy (non-hydrogen) atoms. The van der Waals surface area contributed by atoms with Crippen LogP contribution in [0.5, 0.6) is 0 Å². The van der Waals surface area contributed by atoms with Crippen LogP contribution in [-0.2, 0) is 13.5 Å². The molecule has 0 spiro atoms. The zero-order valence-electron chi connectivity index (χ0n) is 12.1. The molecule has 108 valence electrons. The van der Waals surface area contributed by atoms with Crippen LogP contribution < -0.4 is 11.3 Å². The van der Waals surface area contributed by atoms with Gasteiger partial charge in [-0.15, -0.1) is 0 Å². The maximum absolute atomic E-state index is 5.78. The molecule has 0 radical (unpaired) electrons. The second kappa shape index (κ2) is 6.42. The topological polar surface area (TPSA) is 75.2 Å². The van der Waals surface area contributed by atoms with Crippen LogP contribution in [0.1, 0.15) is 12.2 Å². The van der Waals surface area contributed by atoms with E-state index in [1.165, 1.54) is 6.42 Å². The van der Waals surface area contributed by atoms with Crippen LogP contribution in [0.2, 0.25) is 0 Å². The molecule has 0 saturated carbocycles. The molecule has 7 nitrogen and oxygen atoms in total. The molecular formula is C12H25N7. The van der Waals surface area contributed by atoms with E-state index < -0.39 is 0 Å². The standard InChI is InChI=1S/C12H25N7/c1-17-5-4-6-18(2)11(8-17)10(16-13)7-12-14-9-15-19(12)3/h9-11,16H,4-8,13H2,1-3H3. The van der Waals surface area contributed by atoms with Gasteiger partial charge in [0.2, 0.25) is 0 Å². The summed E-state index contributed by atoms with van der Waals surface area (Å²) >= 11 is 0. The summed E-state index contributed by atoms with van der Waals surface area (Å²) in [6.45, 7) is 3.26. The molecule has 3 N–H and O–H groups in total. The van der Waals surface area contributed by atoms with Gasteiger partial charge >= 0.3 is 0 Å². The summed E-state index contributed by atoms with van der Waals surface area (Å²) < 4.78 is 1.81. The highest BCUT2D eigenvalue weighted by molar-refractivity contribution is 4.95. The third-order valence-electron chi connectivity index (χ3n) is 4.00. The van der Waals surface area contributed by atoms with E-state index in [2.05, 4.69) is 39.4 Å². The Morgan fingerprint density at radius 3 is 2.84 bits per heavy atom. The van der Waals surface area contributed by atoms with E-state index in [1.54, 1.807) is 6.33 Å². The molecule has 1 fully saturated rings. The van der Waals surface area contributed by atoms with Crippen LogP contribution in [0.4, 0.5) is 0 Å². The highest BCUT2D eigenvalue weighted by atomic mass is 15.3. The normalized spacial score (nSPS) is 24.3. The van der Waals surface area contributed by atoms with E-state index in [-0.39, 0.29) is 6.04 Å². The van der Waals surface area contributed by atoms with Gasteiger partial charge in [-0.3, -0.25) is 16.0 Å². The molecule has 1 aliphatic heterocycles. The molecule has 2 heterocycles. The smallest absolute Gasteiger partial charge is 0.138 e. The Morgan fingerprint density at radius 2 is 2.21 bits per heavy atom. The first-order valence-electron chi connectivity index (χ1n) is 6.79. The Kier molecular flexibility index (Phi) is 4.87. The maximum Gasteiger partial charge on any atom is 0.138 e. The van der Waals surface area contributed by atoms with Gasteiger partial charge in [0.25, 0.3) is 0 Å². The Morgan fingerprint density at radius 1 is 1.42 bits per heavy atom. The van der Waals surface area contributed by atoms with Crippen molar-refractivity contribution in [1.29, 1.82) is 0 Å². The van der Waals surface area contributed by atoms with Gasteiger partial charge in [-0.25, -0.2) is 4.98 Å². The first-order valence-corrected chi connectivity index (χ1v) is 6.79. The predicted molar refractivity (Wildman–Crippen MR) is 74.4 cm³/mol. The summed E-state index contributed by atoms with van der Waals surface area (Å²) in [6, 6.07) is 0.558. The molecule has 1 saturated heterocycles. The predicted octanol–water partition coefficient (Wildman–Crippen LogP) is -1.17. The van der Waals surface area contributed by atoms with Gasteiger partial charge in [-0.2, -0.15) is 5.10 Å². The fourth-order valence-electron chi connectivity index (χ4n) is 2.75. The van der Waals surface area contributed by atoms with Crippen LogP contribution in [-0.4, -0.2) is 70.4 Å². The Hall–Kier alpha value is -1.02. The van der Waals surface area contributed by atoms with Crippen molar-refractivity contribution in [3.05, 3.63) is 12.2 Å². The van der Waals surface area contributed by atoms with Crippen molar-refractivity contribution in [3.63, 3.8) is 0 Å². The third-order valence-corrected chi connectivity index (χ3v) is 4.00. The fraction of sp³-hybridized carbons (Fsp3) is 0.833. The zero-order valence-corrected chi connectivity index (χ0v) is 12.1. The maximum atomic E-state index is 5.78. The molecule has 0 bridgehead atoms. The minimum Gasteiger partial charge on any atom is -0.305 e. The van der Waals surface area contributed by atoms with Crippen molar-refractivity contribution in [2.75, 3.05) is 33.7 Å². The van der Waals surface area contributed by atoms with Crippen molar-refractivity contribution in [2.24, 2.45) is 12.9 Å². The van der Waals surface area contributed by atoms with Crippen LogP contribution in [0.25, 0.3) is 0 Å². The highest BCUT2D eigenvalue weighted by Gasteiger charge is 2.28. The SMILES string of the molecule is CN1CCCN(C)C(C(Cc2ncnn2C)NN)C1. The number of hydrogen-bond acceptors (Lipinski definition) is 6. The number of likely N-dealkylation sites (N-methyl/N-ethyl adjacent to an activating group) is 2. The van der Waals surface area contributed by atoms with Gasteiger partial charge in [-0.1, -0.05) is 0 Å². The van der Waals surface area contributed by atoms with Crippen molar-refractivity contribution in [1.82, 2.24) is 30.0 Å². The lowest BCUT2D eigenvalue weighted by molar-refractivity contribution is 0.175. The van der Waals surface area contributed by atoms with Crippen molar-refractivity contribution in [3.8, 4) is 0 Å². The molecule has 2 atom stereocenters. The van der Waals surface area contributed by atoms with E-state index in [0.29, 0.717) is 6.04 Å². The number of nitrogens with one attached hydrogen (secondary N) is 1. The molecule has 2 rings (SSSR count). The van der Waals surface area contributed by atoms with Gasteiger partial charge in [0.1, 0.15) is 12.2 Å². The number of nitrogens with zero attached hydrogens (tertiary/aromatic N) is 5. The second-order valence-corrected chi connectivity index (χ2v) is 5.44. The Bertz CT molecular complexity index is 391. The number of hydrazine groups is 1. The third kappa shape index (κ3) is 3.50. The van der Waals surface area contributed by atoms with E-state index in [0.717, 1.165) is 31.9 Å². The largest absolute Gasteiger partial charge is 0.305 e. The summed E-state index contributed by atoms with van der Waals surface area (Å²) in [5.41, 5.74) is 2.97. The first-order chi connectivity index (χ1) is 9.11. The molecule has 0 amide bonds. The average molecular weight is 267 g/mol.